The molecule has 0 atom stereocenters. The normalized spacial score (nSPS) is 11.3. The minimum atomic E-state index is -0.301. The maximum atomic E-state index is 12.2. The van der Waals surface area contributed by atoms with Gasteiger partial charge in [0.15, 0.2) is 0 Å². The molecular formula is C16H12N4O. The largest absolute Gasteiger partial charge is 0.854 e. The van der Waals surface area contributed by atoms with Gasteiger partial charge in [-0.3, -0.25) is 0 Å². The highest BCUT2D eigenvalue weighted by atomic mass is 16.3. The molecule has 0 bridgehead atoms. The molecule has 3 rings (SSSR count). The van der Waals surface area contributed by atoms with Crippen LogP contribution >= 0.6 is 0 Å². The summed E-state index contributed by atoms with van der Waals surface area (Å²) in [6.07, 6.45) is 6.55. The van der Waals surface area contributed by atoms with E-state index in [0.29, 0.717) is 5.56 Å². The lowest BCUT2D eigenvalue weighted by Crippen LogP contribution is -2.35. The molecule has 0 spiro atoms. The Hall–Kier alpha value is -3.08. The fraction of sp³-hybridized carbons (Fsp3) is 0. The van der Waals surface area contributed by atoms with Gasteiger partial charge >= 0.3 is 0 Å². The molecule has 3 aromatic rings. The Balaban J connectivity index is 2.04. The van der Waals surface area contributed by atoms with Crippen molar-refractivity contribution in [3.8, 4) is 11.3 Å². The van der Waals surface area contributed by atoms with Gasteiger partial charge in [-0.15, -0.1) is 0 Å². The predicted molar refractivity (Wildman–Crippen MR) is 76.0 cm³/mol. The third-order valence-corrected chi connectivity index (χ3v) is 2.91. The quantitative estimate of drug-likeness (QED) is 0.407. The molecule has 0 saturated carbocycles. The zero-order chi connectivity index (χ0) is 14.5. The Kier molecular flexibility index (Phi) is 3.64. The monoisotopic (exact) mass is 276 g/mol. The van der Waals surface area contributed by atoms with E-state index in [2.05, 4.69) is 15.1 Å². The first-order valence-corrected chi connectivity index (χ1v) is 6.42. The van der Waals surface area contributed by atoms with E-state index in [4.69, 9.17) is 0 Å². The van der Waals surface area contributed by atoms with Gasteiger partial charge in [0.2, 0.25) is 11.9 Å². The molecule has 5 nitrogen and oxygen atoms in total. The van der Waals surface area contributed by atoms with Crippen LogP contribution in [0.15, 0.2) is 78.6 Å². The van der Waals surface area contributed by atoms with E-state index in [1.54, 1.807) is 30.7 Å². The van der Waals surface area contributed by atoms with Gasteiger partial charge < -0.3 is 5.11 Å². The van der Waals surface area contributed by atoms with E-state index in [-0.39, 0.29) is 5.90 Å². The van der Waals surface area contributed by atoms with Gasteiger partial charge in [0.1, 0.15) is 6.33 Å². The number of pyridine rings is 1. The fourth-order valence-electron chi connectivity index (χ4n) is 1.92. The lowest BCUT2D eigenvalue weighted by atomic mass is 10.2. The Morgan fingerprint density at radius 3 is 2.43 bits per heavy atom. The Bertz CT molecular complexity index is 758. The summed E-state index contributed by atoms with van der Waals surface area (Å²) in [6, 6.07) is 14.5. The maximum Gasteiger partial charge on any atom is 0.248 e. The Morgan fingerprint density at radius 2 is 1.67 bits per heavy atom. The second-order valence-corrected chi connectivity index (χ2v) is 4.33. The lowest BCUT2D eigenvalue weighted by molar-refractivity contribution is -0.670. The van der Waals surface area contributed by atoms with Crippen LogP contribution in [0.2, 0.25) is 0 Å². The van der Waals surface area contributed by atoms with Crippen LogP contribution in [0.1, 0.15) is 5.56 Å². The standard InChI is InChI=1S/C16H12N4O/c21-16(13-6-2-1-3-7-13)19-20-9-5-4-8-15(20)14-10-17-12-18-11-14/h1-12H. The van der Waals surface area contributed by atoms with Crippen molar-refractivity contribution in [1.29, 1.82) is 0 Å². The van der Waals surface area contributed by atoms with Gasteiger partial charge in [-0.25, -0.2) is 9.97 Å². The molecule has 2 heterocycles. The molecule has 1 aromatic carbocycles. The second kappa shape index (κ2) is 5.92. The van der Waals surface area contributed by atoms with Crippen LogP contribution in [0, 0.1) is 0 Å². The fourth-order valence-corrected chi connectivity index (χ4v) is 1.92. The van der Waals surface area contributed by atoms with Crippen LogP contribution in [0.4, 0.5) is 0 Å². The summed E-state index contributed by atoms with van der Waals surface area (Å²) in [5.41, 5.74) is 2.09. The summed E-state index contributed by atoms with van der Waals surface area (Å²) in [5, 5.41) is 16.3. The number of nitrogens with zero attached hydrogens (tertiary/aromatic N) is 4. The molecule has 0 aliphatic rings. The first-order valence-electron chi connectivity index (χ1n) is 6.42. The zero-order valence-electron chi connectivity index (χ0n) is 11.1. The summed E-state index contributed by atoms with van der Waals surface area (Å²) in [6.45, 7) is 0. The zero-order valence-corrected chi connectivity index (χ0v) is 11.1. The van der Waals surface area contributed by atoms with Gasteiger partial charge in [-0.1, -0.05) is 35.0 Å². The van der Waals surface area contributed by atoms with E-state index in [1.165, 1.54) is 11.0 Å². The highest BCUT2D eigenvalue weighted by Gasteiger charge is 2.12. The maximum absolute atomic E-state index is 12.2. The number of hydrogen-bond acceptors (Lipinski definition) is 4. The van der Waals surface area contributed by atoms with Gasteiger partial charge in [0.05, 0.1) is 11.5 Å². The van der Waals surface area contributed by atoms with Crippen molar-refractivity contribution in [3.05, 3.63) is 79.0 Å². The smallest absolute Gasteiger partial charge is 0.248 e. The highest BCUT2D eigenvalue weighted by Crippen LogP contribution is 2.11. The molecule has 21 heavy (non-hydrogen) atoms. The number of rotatable bonds is 3. The van der Waals surface area contributed by atoms with Crippen LogP contribution in [-0.2, 0) is 0 Å². The van der Waals surface area contributed by atoms with E-state index in [9.17, 15) is 5.11 Å². The van der Waals surface area contributed by atoms with Crippen molar-refractivity contribution in [2.75, 3.05) is 0 Å². The molecular weight excluding hydrogens is 264 g/mol. The molecule has 102 valence electrons. The molecule has 0 amide bonds. The topological polar surface area (TPSA) is 65.1 Å². The minimum Gasteiger partial charge on any atom is -0.854 e. The molecule has 0 aliphatic carbocycles. The molecule has 0 aliphatic heterocycles. The van der Waals surface area contributed by atoms with E-state index < -0.39 is 0 Å². The van der Waals surface area contributed by atoms with Crippen molar-refractivity contribution in [2.24, 2.45) is 5.10 Å². The third kappa shape index (κ3) is 2.92. The molecule has 0 saturated heterocycles. The molecule has 0 unspecified atom stereocenters. The van der Waals surface area contributed by atoms with Gasteiger partial charge in [-0.05, 0) is 16.7 Å². The van der Waals surface area contributed by atoms with E-state index in [0.717, 1.165) is 11.3 Å². The van der Waals surface area contributed by atoms with Gasteiger partial charge in [0.25, 0.3) is 0 Å². The van der Waals surface area contributed by atoms with Crippen molar-refractivity contribution in [3.63, 3.8) is 0 Å². The van der Waals surface area contributed by atoms with Gasteiger partial charge in [0, 0.05) is 24.5 Å². The first-order chi connectivity index (χ1) is 10.3. The summed E-state index contributed by atoms with van der Waals surface area (Å²) in [7, 11) is 0. The van der Waals surface area contributed by atoms with Crippen LogP contribution in [0.25, 0.3) is 11.3 Å². The van der Waals surface area contributed by atoms with Crippen LogP contribution in [-0.4, -0.2) is 15.9 Å². The van der Waals surface area contributed by atoms with Crippen LogP contribution in [0.3, 0.4) is 0 Å². The highest BCUT2D eigenvalue weighted by molar-refractivity contribution is 5.89. The number of aromatic nitrogens is 3. The minimum absolute atomic E-state index is 0.301. The molecule has 2 aromatic heterocycles. The number of benzene rings is 1. The summed E-state index contributed by atoms with van der Waals surface area (Å²) >= 11 is 0. The lowest BCUT2D eigenvalue weighted by Gasteiger charge is -2.07. The third-order valence-electron chi connectivity index (χ3n) is 2.91. The van der Waals surface area contributed by atoms with Crippen molar-refractivity contribution in [1.82, 2.24) is 9.97 Å². The molecule has 0 N–H and O–H groups in total. The Labute approximate surface area is 121 Å². The predicted octanol–water partition coefficient (Wildman–Crippen LogP) is 1.00. The molecule has 0 fully saturated rings. The van der Waals surface area contributed by atoms with Crippen molar-refractivity contribution in [2.45, 2.75) is 0 Å². The van der Waals surface area contributed by atoms with Crippen molar-refractivity contribution >= 4 is 5.90 Å². The number of hydrogen-bond donors (Lipinski definition) is 0. The van der Waals surface area contributed by atoms with E-state index >= 15 is 0 Å². The van der Waals surface area contributed by atoms with E-state index in [1.807, 2.05) is 36.4 Å². The molecule has 0 radical (unpaired) electrons. The average Bonchev–Trinajstić information content (AvgIpc) is 2.57. The summed E-state index contributed by atoms with van der Waals surface area (Å²) in [5.74, 6) is -0.301. The van der Waals surface area contributed by atoms with Crippen molar-refractivity contribution < 1.29 is 9.78 Å². The SMILES string of the molecule is [O-]/C(=N\[n+]1ccccc1-c1cncnc1)c1ccccc1. The van der Waals surface area contributed by atoms with Crippen LogP contribution < -0.4 is 9.78 Å². The summed E-state index contributed by atoms with van der Waals surface area (Å²) in [4.78, 5) is 7.98. The Morgan fingerprint density at radius 1 is 0.952 bits per heavy atom. The van der Waals surface area contributed by atoms with Crippen LogP contribution in [0.5, 0.6) is 0 Å². The summed E-state index contributed by atoms with van der Waals surface area (Å²) < 4.78 is 1.54. The second-order valence-electron chi connectivity index (χ2n) is 4.33. The van der Waals surface area contributed by atoms with Gasteiger partial charge in [-0.2, -0.15) is 0 Å². The average molecular weight is 276 g/mol. The first kappa shape index (κ1) is 12.9. The molecule has 5 heteroatoms.